The molecular formula is C11H14ClNO. The first-order valence-corrected chi connectivity index (χ1v) is 4.97. The number of hydrogen-bond donors (Lipinski definition) is 1. The minimum atomic E-state index is 0.00598. The average molecular weight is 212 g/mol. The first-order chi connectivity index (χ1) is 6.58. The molecule has 1 unspecified atom stereocenters. The van der Waals surface area contributed by atoms with Crippen LogP contribution in [0.4, 0.5) is 0 Å². The van der Waals surface area contributed by atoms with Crippen LogP contribution in [-0.2, 0) is 11.2 Å². The van der Waals surface area contributed by atoms with E-state index in [-0.39, 0.29) is 11.9 Å². The fourth-order valence-corrected chi connectivity index (χ4v) is 1.50. The largest absolute Gasteiger partial charge is 0.354 e. The maximum absolute atomic E-state index is 10.8. The number of amides is 1. The Morgan fingerprint density at radius 2 is 2.00 bits per heavy atom. The first-order valence-electron chi connectivity index (χ1n) is 4.59. The molecule has 0 radical (unpaired) electrons. The summed E-state index contributed by atoms with van der Waals surface area (Å²) in [6, 6.07) is 7.82. The van der Waals surface area contributed by atoms with Gasteiger partial charge in [-0.05, 0) is 31.0 Å². The smallest absolute Gasteiger partial charge is 0.217 e. The van der Waals surface area contributed by atoms with Gasteiger partial charge in [-0.3, -0.25) is 4.79 Å². The van der Waals surface area contributed by atoms with Crippen LogP contribution in [0.2, 0.25) is 5.02 Å². The molecule has 0 bridgehead atoms. The van der Waals surface area contributed by atoms with Gasteiger partial charge in [-0.15, -0.1) is 0 Å². The third kappa shape index (κ3) is 3.79. The zero-order valence-corrected chi connectivity index (χ0v) is 9.14. The van der Waals surface area contributed by atoms with Crippen LogP contribution in [0.1, 0.15) is 19.4 Å². The maximum atomic E-state index is 10.8. The number of carbonyl (C=O) groups is 1. The third-order valence-electron chi connectivity index (χ3n) is 1.90. The van der Waals surface area contributed by atoms with E-state index in [2.05, 4.69) is 5.32 Å². The standard InChI is InChI=1S/C11H14ClNO/c1-8(13-9(2)14)7-10-3-5-11(12)6-4-10/h3-6,8H,7H2,1-2H3,(H,13,14). The van der Waals surface area contributed by atoms with E-state index in [1.165, 1.54) is 12.5 Å². The highest BCUT2D eigenvalue weighted by atomic mass is 35.5. The van der Waals surface area contributed by atoms with Crippen LogP contribution in [0.15, 0.2) is 24.3 Å². The Labute approximate surface area is 89.3 Å². The van der Waals surface area contributed by atoms with Crippen LogP contribution in [0, 0.1) is 0 Å². The zero-order valence-electron chi connectivity index (χ0n) is 8.38. The first kappa shape index (κ1) is 11.1. The minimum absolute atomic E-state index is 0.00598. The summed E-state index contributed by atoms with van der Waals surface area (Å²) in [4.78, 5) is 10.8. The molecule has 76 valence electrons. The molecule has 3 heteroatoms. The summed E-state index contributed by atoms with van der Waals surface area (Å²) in [5.41, 5.74) is 1.18. The van der Waals surface area contributed by atoms with Crippen molar-refractivity contribution in [2.45, 2.75) is 26.3 Å². The molecule has 1 atom stereocenters. The van der Waals surface area contributed by atoms with E-state index in [1.54, 1.807) is 0 Å². The summed E-state index contributed by atoms with van der Waals surface area (Å²) in [5.74, 6) is 0.00598. The third-order valence-corrected chi connectivity index (χ3v) is 2.16. The van der Waals surface area contributed by atoms with Crippen molar-refractivity contribution in [2.75, 3.05) is 0 Å². The topological polar surface area (TPSA) is 29.1 Å². The molecule has 1 amide bonds. The minimum Gasteiger partial charge on any atom is -0.354 e. The summed E-state index contributed by atoms with van der Waals surface area (Å²) in [7, 11) is 0. The van der Waals surface area contributed by atoms with Crippen molar-refractivity contribution < 1.29 is 4.79 Å². The van der Waals surface area contributed by atoms with E-state index in [0.29, 0.717) is 0 Å². The van der Waals surface area contributed by atoms with Gasteiger partial charge in [-0.1, -0.05) is 23.7 Å². The lowest BCUT2D eigenvalue weighted by atomic mass is 10.1. The van der Waals surface area contributed by atoms with Crippen molar-refractivity contribution >= 4 is 17.5 Å². The molecule has 1 rings (SSSR count). The van der Waals surface area contributed by atoms with Crippen molar-refractivity contribution in [2.24, 2.45) is 0 Å². The number of benzene rings is 1. The predicted octanol–water partition coefficient (Wildman–Crippen LogP) is 2.41. The molecule has 0 aliphatic carbocycles. The SMILES string of the molecule is CC(=O)NC(C)Cc1ccc(Cl)cc1. The van der Waals surface area contributed by atoms with Gasteiger partial charge >= 0.3 is 0 Å². The number of halogens is 1. The molecule has 0 saturated heterocycles. The highest BCUT2D eigenvalue weighted by molar-refractivity contribution is 6.30. The highest BCUT2D eigenvalue weighted by Crippen LogP contribution is 2.10. The molecule has 0 saturated carbocycles. The van der Waals surface area contributed by atoms with Gasteiger partial charge in [0, 0.05) is 18.0 Å². The lowest BCUT2D eigenvalue weighted by Crippen LogP contribution is -2.31. The van der Waals surface area contributed by atoms with Crippen LogP contribution in [0.25, 0.3) is 0 Å². The van der Waals surface area contributed by atoms with E-state index in [0.717, 1.165) is 11.4 Å². The van der Waals surface area contributed by atoms with Gasteiger partial charge in [-0.25, -0.2) is 0 Å². The Balaban J connectivity index is 2.51. The van der Waals surface area contributed by atoms with Crippen molar-refractivity contribution in [3.8, 4) is 0 Å². The van der Waals surface area contributed by atoms with E-state index in [9.17, 15) is 4.79 Å². The van der Waals surface area contributed by atoms with Gasteiger partial charge in [0.2, 0.25) is 5.91 Å². The molecule has 0 aliphatic rings. The second-order valence-electron chi connectivity index (χ2n) is 3.43. The van der Waals surface area contributed by atoms with Crippen molar-refractivity contribution in [1.82, 2.24) is 5.32 Å². The second-order valence-corrected chi connectivity index (χ2v) is 3.87. The molecule has 1 aromatic carbocycles. The molecular weight excluding hydrogens is 198 g/mol. The molecule has 1 N–H and O–H groups in total. The van der Waals surface area contributed by atoms with E-state index >= 15 is 0 Å². The lowest BCUT2D eigenvalue weighted by molar-refractivity contribution is -0.119. The number of rotatable bonds is 3. The summed E-state index contributed by atoms with van der Waals surface area (Å²) in [6.07, 6.45) is 0.830. The zero-order chi connectivity index (χ0) is 10.6. The van der Waals surface area contributed by atoms with Crippen LogP contribution >= 0.6 is 11.6 Å². The average Bonchev–Trinajstić information content (AvgIpc) is 2.07. The van der Waals surface area contributed by atoms with Crippen molar-refractivity contribution in [1.29, 1.82) is 0 Å². The molecule has 0 spiro atoms. The molecule has 1 aromatic rings. The highest BCUT2D eigenvalue weighted by Gasteiger charge is 2.03. The van der Waals surface area contributed by atoms with Crippen molar-refractivity contribution in [3.63, 3.8) is 0 Å². The number of hydrogen-bond acceptors (Lipinski definition) is 1. The summed E-state index contributed by atoms with van der Waals surface area (Å²) >= 11 is 5.76. The van der Waals surface area contributed by atoms with Gasteiger partial charge < -0.3 is 5.32 Å². The normalized spacial score (nSPS) is 12.2. The van der Waals surface area contributed by atoms with Gasteiger partial charge in [0.15, 0.2) is 0 Å². The Morgan fingerprint density at radius 3 is 2.50 bits per heavy atom. The summed E-state index contributed by atoms with van der Waals surface area (Å²) in [6.45, 7) is 3.51. The quantitative estimate of drug-likeness (QED) is 0.818. The Morgan fingerprint density at radius 1 is 1.43 bits per heavy atom. The van der Waals surface area contributed by atoms with Crippen LogP contribution in [-0.4, -0.2) is 11.9 Å². The number of nitrogens with one attached hydrogen (secondary N) is 1. The van der Waals surface area contributed by atoms with E-state index in [4.69, 9.17) is 11.6 Å². The monoisotopic (exact) mass is 211 g/mol. The second kappa shape index (κ2) is 5.01. The molecule has 0 heterocycles. The summed E-state index contributed by atoms with van der Waals surface area (Å²) < 4.78 is 0. The van der Waals surface area contributed by atoms with Crippen molar-refractivity contribution in [3.05, 3.63) is 34.9 Å². The maximum Gasteiger partial charge on any atom is 0.217 e. The van der Waals surface area contributed by atoms with Gasteiger partial charge in [0.25, 0.3) is 0 Å². The Bertz CT molecular complexity index is 308. The molecule has 2 nitrogen and oxygen atoms in total. The van der Waals surface area contributed by atoms with Crippen LogP contribution in [0.5, 0.6) is 0 Å². The molecule has 14 heavy (non-hydrogen) atoms. The van der Waals surface area contributed by atoms with Crippen LogP contribution < -0.4 is 5.32 Å². The molecule has 0 fully saturated rings. The predicted molar refractivity (Wildman–Crippen MR) is 58.4 cm³/mol. The lowest BCUT2D eigenvalue weighted by Gasteiger charge is -2.12. The summed E-state index contributed by atoms with van der Waals surface area (Å²) in [5, 5.41) is 3.57. The van der Waals surface area contributed by atoms with E-state index < -0.39 is 0 Å². The fraction of sp³-hybridized carbons (Fsp3) is 0.364. The van der Waals surface area contributed by atoms with Gasteiger partial charge in [0.05, 0.1) is 0 Å². The molecule has 0 aromatic heterocycles. The van der Waals surface area contributed by atoms with Gasteiger partial charge in [-0.2, -0.15) is 0 Å². The van der Waals surface area contributed by atoms with Crippen LogP contribution in [0.3, 0.4) is 0 Å². The Hall–Kier alpha value is -1.02. The Kier molecular flexibility index (Phi) is 3.96. The van der Waals surface area contributed by atoms with E-state index in [1.807, 2.05) is 31.2 Å². The van der Waals surface area contributed by atoms with Gasteiger partial charge in [0.1, 0.15) is 0 Å². The number of carbonyl (C=O) groups excluding carboxylic acids is 1. The molecule has 0 aliphatic heterocycles. The fourth-order valence-electron chi connectivity index (χ4n) is 1.37.